The number of imide groups is 1. The van der Waals surface area contributed by atoms with Crippen LogP contribution in [0.1, 0.15) is 24.9 Å². The van der Waals surface area contributed by atoms with Crippen molar-refractivity contribution in [3.63, 3.8) is 0 Å². The third-order valence-electron chi connectivity index (χ3n) is 5.21. The zero-order valence-corrected chi connectivity index (χ0v) is 14.5. The predicted octanol–water partition coefficient (Wildman–Crippen LogP) is 1.54. The first-order chi connectivity index (χ1) is 11.4. The SMILES string of the molecule is CC[C@]1(C(=O)OC)N[C@@H](c2ccc(Cl)cc2)[C@H]2C(=O)N(C)C(=O)[C@@H]21. The molecule has 3 rings (SSSR count). The van der Waals surface area contributed by atoms with Crippen molar-refractivity contribution < 1.29 is 19.1 Å². The van der Waals surface area contributed by atoms with Gasteiger partial charge in [0.2, 0.25) is 11.8 Å². The van der Waals surface area contributed by atoms with Crippen LogP contribution in [-0.4, -0.2) is 42.4 Å². The van der Waals surface area contributed by atoms with E-state index in [1.165, 1.54) is 14.2 Å². The highest BCUT2D eigenvalue weighted by molar-refractivity contribution is 6.30. The van der Waals surface area contributed by atoms with Crippen molar-refractivity contribution >= 4 is 29.4 Å². The smallest absolute Gasteiger partial charge is 0.326 e. The molecule has 0 spiro atoms. The van der Waals surface area contributed by atoms with Crippen molar-refractivity contribution in [2.75, 3.05) is 14.2 Å². The standard InChI is InChI=1S/C17H19ClN2O4/c1-4-17(16(23)24-3)12-11(14(21)20(2)15(12)22)13(19-17)9-5-7-10(18)8-6-9/h5-8,11-13,19H,4H2,1-3H3/t11-,12+,13-,17-/m0/s1. The molecule has 2 fully saturated rings. The summed E-state index contributed by atoms with van der Waals surface area (Å²) in [4.78, 5) is 38.9. The first-order valence-corrected chi connectivity index (χ1v) is 8.18. The number of esters is 1. The molecule has 128 valence electrons. The number of nitrogens with zero attached hydrogens (tertiary/aromatic N) is 1. The van der Waals surface area contributed by atoms with E-state index >= 15 is 0 Å². The van der Waals surface area contributed by atoms with Crippen molar-refractivity contribution in [2.45, 2.75) is 24.9 Å². The van der Waals surface area contributed by atoms with E-state index in [2.05, 4.69) is 5.32 Å². The van der Waals surface area contributed by atoms with E-state index in [-0.39, 0.29) is 11.8 Å². The number of fused-ring (bicyclic) bond motifs is 1. The van der Waals surface area contributed by atoms with Gasteiger partial charge in [0.05, 0.1) is 18.9 Å². The fourth-order valence-corrected chi connectivity index (χ4v) is 4.07. The Labute approximate surface area is 145 Å². The Kier molecular flexibility index (Phi) is 4.13. The molecule has 2 aliphatic rings. The quantitative estimate of drug-likeness (QED) is 0.661. The zero-order chi connectivity index (χ0) is 17.6. The largest absolute Gasteiger partial charge is 0.468 e. The molecule has 4 atom stereocenters. The molecule has 2 amide bonds. The van der Waals surface area contributed by atoms with E-state index in [0.29, 0.717) is 11.4 Å². The van der Waals surface area contributed by atoms with E-state index in [4.69, 9.17) is 16.3 Å². The lowest BCUT2D eigenvalue weighted by Crippen LogP contribution is -2.55. The van der Waals surface area contributed by atoms with E-state index in [9.17, 15) is 14.4 Å². The second kappa shape index (κ2) is 5.86. The molecule has 1 N–H and O–H groups in total. The molecule has 1 aromatic rings. The number of hydrogen-bond acceptors (Lipinski definition) is 5. The minimum absolute atomic E-state index is 0.281. The number of carbonyl (C=O) groups excluding carboxylic acids is 3. The fraction of sp³-hybridized carbons (Fsp3) is 0.471. The fourth-order valence-electron chi connectivity index (χ4n) is 3.94. The summed E-state index contributed by atoms with van der Waals surface area (Å²) in [5.41, 5.74) is -0.397. The molecular formula is C17H19ClN2O4. The van der Waals surface area contributed by atoms with E-state index in [1.807, 2.05) is 0 Å². The molecule has 0 saturated carbocycles. The average molecular weight is 351 g/mol. The molecule has 0 bridgehead atoms. The van der Waals surface area contributed by atoms with Gasteiger partial charge in [0.15, 0.2) is 0 Å². The van der Waals surface area contributed by atoms with Crippen LogP contribution in [0.3, 0.4) is 0 Å². The molecule has 1 aromatic carbocycles. The molecule has 0 aromatic heterocycles. The summed E-state index contributed by atoms with van der Waals surface area (Å²) >= 11 is 5.94. The minimum atomic E-state index is -1.21. The highest BCUT2D eigenvalue weighted by Crippen LogP contribution is 2.50. The number of ether oxygens (including phenoxy) is 1. The second-order valence-corrected chi connectivity index (χ2v) is 6.67. The van der Waals surface area contributed by atoms with Crippen LogP contribution in [0.4, 0.5) is 0 Å². The Morgan fingerprint density at radius 2 is 1.92 bits per heavy atom. The maximum atomic E-state index is 12.7. The van der Waals surface area contributed by atoms with Crippen LogP contribution in [0.5, 0.6) is 0 Å². The Morgan fingerprint density at radius 1 is 1.29 bits per heavy atom. The van der Waals surface area contributed by atoms with Gasteiger partial charge in [-0.2, -0.15) is 0 Å². The Hall–Kier alpha value is -1.92. The lowest BCUT2D eigenvalue weighted by atomic mass is 9.78. The van der Waals surface area contributed by atoms with Crippen LogP contribution >= 0.6 is 11.6 Å². The van der Waals surface area contributed by atoms with E-state index < -0.39 is 29.4 Å². The summed E-state index contributed by atoms with van der Waals surface area (Å²) in [6, 6.07) is 6.60. The summed E-state index contributed by atoms with van der Waals surface area (Å²) in [6.07, 6.45) is 0.345. The summed E-state index contributed by atoms with van der Waals surface area (Å²) < 4.78 is 4.95. The summed E-state index contributed by atoms with van der Waals surface area (Å²) in [5, 5.41) is 3.82. The maximum absolute atomic E-state index is 12.7. The molecule has 2 heterocycles. The van der Waals surface area contributed by atoms with Crippen LogP contribution in [0, 0.1) is 11.8 Å². The van der Waals surface area contributed by atoms with Gasteiger partial charge in [-0.05, 0) is 24.1 Å². The normalized spacial score (nSPS) is 32.2. The zero-order valence-electron chi connectivity index (χ0n) is 13.7. The van der Waals surface area contributed by atoms with Crippen LogP contribution in [0.15, 0.2) is 24.3 Å². The first-order valence-electron chi connectivity index (χ1n) is 7.80. The highest BCUT2D eigenvalue weighted by Gasteiger charge is 2.67. The molecule has 2 saturated heterocycles. The van der Waals surface area contributed by atoms with Gasteiger partial charge >= 0.3 is 5.97 Å². The van der Waals surface area contributed by atoms with Gasteiger partial charge in [0, 0.05) is 18.1 Å². The molecule has 0 radical (unpaired) electrons. The van der Waals surface area contributed by atoms with E-state index in [0.717, 1.165) is 10.5 Å². The number of carbonyl (C=O) groups is 3. The van der Waals surface area contributed by atoms with Gasteiger partial charge in [0.25, 0.3) is 0 Å². The van der Waals surface area contributed by atoms with Crippen LogP contribution in [0.2, 0.25) is 5.02 Å². The number of rotatable bonds is 3. The molecule has 0 unspecified atom stereocenters. The van der Waals surface area contributed by atoms with Gasteiger partial charge in [-0.1, -0.05) is 30.7 Å². The maximum Gasteiger partial charge on any atom is 0.326 e. The number of hydrogen-bond donors (Lipinski definition) is 1. The second-order valence-electron chi connectivity index (χ2n) is 6.23. The van der Waals surface area contributed by atoms with Crippen molar-refractivity contribution in [3.8, 4) is 0 Å². The number of amides is 2. The number of halogens is 1. The molecule has 2 aliphatic heterocycles. The minimum Gasteiger partial charge on any atom is -0.468 e. The van der Waals surface area contributed by atoms with Crippen molar-refractivity contribution in [1.29, 1.82) is 0 Å². The highest BCUT2D eigenvalue weighted by atomic mass is 35.5. The lowest BCUT2D eigenvalue weighted by Gasteiger charge is -2.30. The first kappa shape index (κ1) is 16.9. The third-order valence-corrected chi connectivity index (χ3v) is 5.46. The summed E-state index contributed by atoms with van der Waals surface area (Å²) in [6.45, 7) is 1.81. The van der Waals surface area contributed by atoms with Gasteiger partial charge in [-0.3, -0.25) is 24.6 Å². The summed E-state index contributed by atoms with van der Waals surface area (Å²) in [7, 11) is 2.75. The Morgan fingerprint density at radius 3 is 2.46 bits per heavy atom. The molecule has 0 aliphatic carbocycles. The average Bonchev–Trinajstić information content (AvgIpc) is 3.05. The van der Waals surface area contributed by atoms with Crippen LogP contribution in [0.25, 0.3) is 0 Å². The van der Waals surface area contributed by atoms with Crippen LogP contribution in [-0.2, 0) is 19.1 Å². The molecule has 24 heavy (non-hydrogen) atoms. The number of methoxy groups -OCH3 is 1. The van der Waals surface area contributed by atoms with Gasteiger partial charge in [0.1, 0.15) is 5.54 Å². The monoisotopic (exact) mass is 350 g/mol. The van der Waals surface area contributed by atoms with Gasteiger partial charge in [-0.25, -0.2) is 0 Å². The Bertz CT molecular complexity index is 705. The van der Waals surface area contributed by atoms with E-state index in [1.54, 1.807) is 31.2 Å². The molecule has 6 nitrogen and oxygen atoms in total. The topological polar surface area (TPSA) is 75.7 Å². The lowest BCUT2D eigenvalue weighted by molar-refractivity contribution is -0.154. The molecule has 7 heteroatoms. The Balaban J connectivity index is 2.12. The number of likely N-dealkylation sites (tertiary alicyclic amines) is 1. The van der Waals surface area contributed by atoms with Crippen molar-refractivity contribution in [2.24, 2.45) is 11.8 Å². The third kappa shape index (κ3) is 2.17. The van der Waals surface area contributed by atoms with Crippen molar-refractivity contribution in [1.82, 2.24) is 10.2 Å². The van der Waals surface area contributed by atoms with Crippen LogP contribution < -0.4 is 5.32 Å². The van der Waals surface area contributed by atoms with Gasteiger partial charge in [-0.15, -0.1) is 0 Å². The summed E-state index contributed by atoms with van der Waals surface area (Å²) in [5.74, 6) is -2.55. The number of benzene rings is 1. The molecular weight excluding hydrogens is 332 g/mol. The number of nitrogens with one attached hydrogen (secondary N) is 1. The predicted molar refractivity (Wildman–Crippen MR) is 87.1 cm³/mol. The van der Waals surface area contributed by atoms with Gasteiger partial charge < -0.3 is 4.74 Å². The van der Waals surface area contributed by atoms with Crippen molar-refractivity contribution in [3.05, 3.63) is 34.9 Å².